The van der Waals surface area contributed by atoms with Gasteiger partial charge in [-0.15, -0.1) is 0 Å². The molecule has 0 spiro atoms. The average Bonchev–Trinajstić information content (AvgIpc) is 2.90. The van der Waals surface area contributed by atoms with Crippen LogP contribution in [0.4, 0.5) is 4.79 Å². The Morgan fingerprint density at radius 2 is 1.30 bits per heavy atom. The Labute approximate surface area is 259 Å². The first kappa shape index (κ1) is 37.9. The second-order valence-electron chi connectivity index (χ2n) is 12.5. The molecule has 0 unspecified atom stereocenters. The largest absolute Gasteiger partial charge is 0.467 e. The first-order valence-electron chi connectivity index (χ1n) is 14.4. The molecule has 0 aliphatic heterocycles. The summed E-state index contributed by atoms with van der Waals surface area (Å²) in [6, 6.07) is 4.90. The fraction of sp³-hybridized carbons (Fsp3) is 0.613. The summed E-state index contributed by atoms with van der Waals surface area (Å²) in [6.45, 7) is 13.3. The van der Waals surface area contributed by atoms with Crippen LogP contribution in [0.3, 0.4) is 0 Å². The van der Waals surface area contributed by atoms with Crippen LogP contribution >= 0.6 is 0 Å². The molecular formula is C31H47N3O10. The van der Waals surface area contributed by atoms with Crippen molar-refractivity contribution in [2.45, 2.75) is 111 Å². The van der Waals surface area contributed by atoms with Gasteiger partial charge in [-0.05, 0) is 59.4 Å². The standard InChI is InChI=1S/C31H47N3O10/c1-19(2)25(28(39)41-9)34-26(37)21(15-16-23(35)43-30(3,4)5)32-27(38)22(17-24(36)44-31(6,7)8)33-29(40)42-18-20-13-11-10-12-14-20/h10-14,19,21-22,25H,15-18H2,1-9H3,(H,32,38)(H,33,40)(H,34,37)/t21-,22-,25-/m0/s1. The van der Waals surface area contributed by atoms with Crippen LogP contribution in [-0.4, -0.2) is 72.3 Å². The summed E-state index contributed by atoms with van der Waals surface area (Å²) in [5, 5.41) is 7.40. The van der Waals surface area contributed by atoms with Gasteiger partial charge in [-0.2, -0.15) is 0 Å². The van der Waals surface area contributed by atoms with Crippen molar-refractivity contribution < 1.29 is 47.7 Å². The van der Waals surface area contributed by atoms with Gasteiger partial charge >= 0.3 is 24.0 Å². The predicted molar refractivity (Wildman–Crippen MR) is 160 cm³/mol. The number of benzene rings is 1. The molecule has 1 aromatic carbocycles. The van der Waals surface area contributed by atoms with E-state index in [9.17, 15) is 28.8 Å². The van der Waals surface area contributed by atoms with E-state index in [-0.39, 0.29) is 25.4 Å². The molecule has 44 heavy (non-hydrogen) atoms. The van der Waals surface area contributed by atoms with E-state index in [1.54, 1.807) is 85.7 Å². The number of hydrogen-bond donors (Lipinski definition) is 3. The van der Waals surface area contributed by atoms with Crippen molar-refractivity contribution in [2.24, 2.45) is 5.92 Å². The van der Waals surface area contributed by atoms with Crippen LogP contribution < -0.4 is 16.0 Å². The van der Waals surface area contributed by atoms with E-state index in [4.69, 9.17) is 18.9 Å². The summed E-state index contributed by atoms with van der Waals surface area (Å²) in [6.07, 6.45) is -2.04. The van der Waals surface area contributed by atoms with Gasteiger partial charge in [0, 0.05) is 6.42 Å². The molecule has 0 bridgehead atoms. The second-order valence-corrected chi connectivity index (χ2v) is 12.5. The maximum atomic E-state index is 13.5. The van der Waals surface area contributed by atoms with Crippen molar-refractivity contribution in [3.05, 3.63) is 35.9 Å². The third kappa shape index (κ3) is 15.4. The van der Waals surface area contributed by atoms with Gasteiger partial charge in [-0.3, -0.25) is 19.2 Å². The number of nitrogens with one attached hydrogen (secondary N) is 3. The second kappa shape index (κ2) is 17.2. The number of carbonyl (C=O) groups excluding carboxylic acids is 6. The molecule has 246 valence electrons. The molecule has 1 rings (SSSR count). The minimum Gasteiger partial charge on any atom is -0.467 e. The minimum absolute atomic E-state index is 0.0987. The molecule has 3 amide bonds. The van der Waals surface area contributed by atoms with Crippen molar-refractivity contribution in [2.75, 3.05) is 7.11 Å². The summed E-state index contributed by atoms with van der Waals surface area (Å²) in [7, 11) is 1.18. The maximum Gasteiger partial charge on any atom is 0.408 e. The maximum absolute atomic E-state index is 13.5. The Morgan fingerprint density at radius 3 is 1.82 bits per heavy atom. The SMILES string of the molecule is COC(=O)[C@@H](NC(=O)[C@H](CCC(=O)OC(C)(C)C)NC(=O)[C@H](CC(=O)OC(C)(C)C)NC(=O)OCc1ccccc1)C(C)C. The van der Waals surface area contributed by atoms with E-state index in [2.05, 4.69) is 16.0 Å². The monoisotopic (exact) mass is 621 g/mol. The zero-order valence-electron chi connectivity index (χ0n) is 27.1. The summed E-state index contributed by atoms with van der Waals surface area (Å²) in [4.78, 5) is 76.8. The van der Waals surface area contributed by atoms with Gasteiger partial charge in [0.2, 0.25) is 11.8 Å². The van der Waals surface area contributed by atoms with Gasteiger partial charge in [0.1, 0.15) is 35.9 Å². The highest BCUT2D eigenvalue weighted by Gasteiger charge is 2.34. The number of rotatable bonds is 14. The smallest absolute Gasteiger partial charge is 0.408 e. The molecule has 0 aromatic heterocycles. The average molecular weight is 622 g/mol. The molecule has 3 N–H and O–H groups in total. The molecule has 0 aliphatic rings. The molecule has 13 nitrogen and oxygen atoms in total. The number of ether oxygens (including phenoxy) is 4. The van der Waals surface area contributed by atoms with Crippen molar-refractivity contribution in [1.82, 2.24) is 16.0 Å². The molecule has 0 heterocycles. The fourth-order valence-corrected chi connectivity index (χ4v) is 3.74. The lowest BCUT2D eigenvalue weighted by molar-refractivity contribution is -0.156. The Kier molecular flexibility index (Phi) is 14.8. The Bertz CT molecular complexity index is 1140. The van der Waals surface area contributed by atoms with Gasteiger partial charge < -0.3 is 34.9 Å². The van der Waals surface area contributed by atoms with Crippen LogP contribution in [0.15, 0.2) is 30.3 Å². The van der Waals surface area contributed by atoms with E-state index >= 15 is 0 Å². The third-order valence-corrected chi connectivity index (χ3v) is 5.72. The van der Waals surface area contributed by atoms with Crippen molar-refractivity contribution in [3.63, 3.8) is 0 Å². The van der Waals surface area contributed by atoms with Crippen LogP contribution in [0.2, 0.25) is 0 Å². The lowest BCUT2D eigenvalue weighted by atomic mass is 10.0. The van der Waals surface area contributed by atoms with Crippen molar-refractivity contribution in [1.29, 1.82) is 0 Å². The Hall–Kier alpha value is -4.16. The Balaban J connectivity index is 3.20. The van der Waals surface area contributed by atoms with Gasteiger partial charge in [0.05, 0.1) is 13.5 Å². The van der Waals surface area contributed by atoms with Gasteiger partial charge in [-0.1, -0.05) is 44.2 Å². The molecule has 3 atom stereocenters. The van der Waals surface area contributed by atoms with Crippen molar-refractivity contribution >= 4 is 35.8 Å². The molecule has 0 saturated carbocycles. The molecule has 0 saturated heterocycles. The predicted octanol–water partition coefficient (Wildman–Crippen LogP) is 2.93. The highest BCUT2D eigenvalue weighted by Crippen LogP contribution is 2.13. The summed E-state index contributed by atoms with van der Waals surface area (Å²) >= 11 is 0. The first-order valence-corrected chi connectivity index (χ1v) is 14.4. The van der Waals surface area contributed by atoms with Gasteiger partial charge in [0.15, 0.2) is 0 Å². The van der Waals surface area contributed by atoms with E-state index < -0.39 is 71.6 Å². The number of methoxy groups -OCH3 is 1. The van der Waals surface area contributed by atoms with Crippen LogP contribution in [-0.2, 0) is 49.5 Å². The minimum atomic E-state index is -1.51. The van der Waals surface area contributed by atoms with E-state index in [1.165, 1.54) is 7.11 Å². The van der Waals surface area contributed by atoms with Gasteiger partial charge in [0.25, 0.3) is 0 Å². The summed E-state index contributed by atoms with van der Waals surface area (Å²) in [5.74, 6) is -4.18. The molecule has 0 radical (unpaired) electrons. The Morgan fingerprint density at radius 1 is 0.750 bits per heavy atom. The van der Waals surface area contributed by atoms with Gasteiger partial charge in [-0.25, -0.2) is 9.59 Å². The number of amides is 3. The van der Waals surface area contributed by atoms with E-state index in [0.29, 0.717) is 5.56 Å². The normalized spacial score (nSPS) is 13.5. The molecule has 0 aliphatic carbocycles. The van der Waals surface area contributed by atoms with E-state index in [0.717, 1.165) is 0 Å². The fourth-order valence-electron chi connectivity index (χ4n) is 3.74. The quantitative estimate of drug-likeness (QED) is 0.207. The van der Waals surface area contributed by atoms with Crippen LogP contribution in [0.5, 0.6) is 0 Å². The van der Waals surface area contributed by atoms with Crippen LogP contribution in [0.1, 0.15) is 80.2 Å². The topological polar surface area (TPSA) is 175 Å². The number of alkyl carbamates (subject to hydrolysis) is 1. The van der Waals surface area contributed by atoms with Crippen LogP contribution in [0, 0.1) is 5.92 Å². The lowest BCUT2D eigenvalue weighted by Gasteiger charge is -2.27. The molecule has 13 heteroatoms. The summed E-state index contributed by atoms with van der Waals surface area (Å²) in [5.41, 5.74) is -0.963. The first-order chi connectivity index (χ1) is 20.3. The van der Waals surface area contributed by atoms with Crippen LogP contribution in [0.25, 0.3) is 0 Å². The molecule has 0 fully saturated rings. The lowest BCUT2D eigenvalue weighted by Crippen LogP contribution is -2.57. The highest BCUT2D eigenvalue weighted by atomic mass is 16.6. The molecular weight excluding hydrogens is 574 g/mol. The number of carbonyl (C=O) groups is 6. The highest BCUT2D eigenvalue weighted by molar-refractivity contribution is 5.95. The van der Waals surface area contributed by atoms with Crippen molar-refractivity contribution in [3.8, 4) is 0 Å². The number of hydrogen-bond acceptors (Lipinski definition) is 10. The summed E-state index contributed by atoms with van der Waals surface area (Å²) < 4.78 is 20.6. The molecule has 1 aromatic rings. The number of esters is 3. The zero-order chi connectivity index (χ0) is 33.7. The van der Waals surface area contributed by atoms with E-state index in [1.807, 2.05) is 0 Å². The third-order valence-electron chi connectivity index (χ3n) is 5.72. The zero-order valence-corrected chi connectivity index (χ0v) is 27.1.